The van der Waals surface area contributed by atoms with Gasteiger partial charge in [-0.2, -0.15) is 0 Å². The Morgan fingerprint density at radius 3 is 2.78 bits per heavy atom. The molecule has 1 aromatic carbocycles. The highest BCUT2D eigenvalue weighted by Crippen LogP contribution is 2.34. The number of benzene rings is 1. The van der Waals surface area contributed by atoms with Crippen molar-refractivity contribution in [3.05, 3.63) is 34.2 Å². The molecule has 0 aliphatic carbocycles. The van der Waals surface area contributed by atoms with Crippen molar-refractivity contribution in [2.45, 2.75) is 32.6 Å². The van der Waals surface area contributed by atoms with Gasteiger partial charge < -0.3 is 19.4 Å². The minimum Gasteiger partial charge on any atom is -0.454 e. The van der Waals surface area contributed by atoms with E-state index in [1.807, 2.05) is 4.90 Å². The van der Waals surface area contributed by atoms with Gasteiger partial charge in [0.2, 0.25) is 12.7 Å². The van der Waals surface area contributed by atoms with E-state index in [0.29, 0.717) is 28.8 Å². The Labute approximate surface area is 156 Å². The maximum absolute atomic E-state index is 12.3. The van der Waals surface area contributed by atoms with E-state index in [2.05, 4.69) is 22.1 Å². The van der Waals surface area contributed by atoms with Gasteiger partial charge in [0, 0.05) is 31.5 Å². The van der Waals surface area contributed by atoms with Gasteiger partial charge in [0.25, 0.3) is 5.56 Å². The second-order valence-electron chi connectivity index (χ2n) is 7.08. The van der Waals surface area contributed by atoms with Crippen molar-refractivity contribution >= 4 is 5.91 Å². The molecule has 1 fully saturated rings. The summed E-state index contributed by atoms with van der Waals surface area (Å²) < 4.78 is 10.6. The Bertz CT molecular complexity index is 903. The monoisotopic (exact) mass is 370 g/mol. The van der Waals surface area contributed by atoms with Crippen LogP contribution in [-0.2, 0) is 11.2 Å². The number of rotatable bonds is 4. The van der Waals surface area contributed by atoms with E-state index in [9.17, 15) is 9.59 Å². The first-order chi connectivity index (χ1) is 13.1. The summed E-state index contributed by atoms with van der Waals surface area (Å²) in [4.78, 5) is 29.3. The summed E-state index contributed by atoms with van der Waals surface area (Å²) in [5.74, 6) is 2.38. The van der Waals surface area contributed by atoms with Crippen molar-refractivity contribution in [1.82, 2.24) is 20.1 Å². The second kappa shape index (κ2) is 7.38. The quantitative estimate of drug-likeness (QED) is 0.881. The van der Waals surface area contributed by atoms with Gasteiger partial charge >= 0.3 is 0 Å². The number of carbonyl (C=O) groups excluding carboxylic acids is 1. The van der Waals surface area contributed by atoms with E-state index in [-0.39, 0.29) is 36.8 Å². The number of amides is 1. The van der Waals surface area contributed by atoms with Crippen LogP contribution in [0.2, 0.25) is 0 Å². The number of ether oxygens (including phenoxy) is 2. The Balaban J connectivity index is 1.41. The van der Waals surface area contributed by atoms with Gasteiger partial charge in [-0.05, 0) is 37.0 Å². The molecule has 1 saturated heterocycles. The summed E-state index contributed by atoms with van der Waals surface area (Å²) in [6.07, 6.45) is 2.64. The summed E-state index contributed by atoms with van der Waals surface area (Å²) in [5, 5.41) is 8.15. The molecular weight excluding hydrogens is 348 g/mol. The third-order valence-corrected chi connectivity index (χ3v) is 5.12. The average Bonchev–Trinajstić information content (AvgIpc) is 3.15. The molecule has 1 aromatic heterocycles. The fraction of sp³-hybridized carbons (Fsp3) is 0.474. The maximum Gasteiger partial charge on any atom is 0.273 e. The first-order valence-electron chi connectivity index (χ1n) is 9.24. The van der Waals surface area contributed by atoms with Crippen molar-refractivity contribution in [3.8, 4) is 22.9 Å². The van der Waals surface area contributed by atoms with Gasteiger partial charge in [-0.1, -0.05) is 6.92 Å². The van der Waals surface area contributed by atoms with E-state index < -0.39 is 0 Å². The molecule has 8 heteroatoms. The fourth-order valence-electron chi connectivity index (χ4n) is 3.34. The number of aryl methyl sites for hydroxylation is 1. The van der Waals surface area contributed by atoms with Gasteiger partial charge in [0.1, 0.15) is 5.69 Å². The fourth-order valence-corrected chi connectivity index (χ4v) is 3.34. The molecule has 0 saturated carbocycles. The molecule has 27 heavy (non-hydrogen) atoms. The van der Waals surface area contributed by atoms with Crippen molar-refractivity contribution in [2.24, 2.45) is 5.92 Å². The SMILES string of the molecule is CC1CCN(C(=O)CCc2nnc(-c3ccc4c(c3)OCO4)[nH]c2=O)CC1. The summed E-state index contributed by atoms with van der Waals surface area (Å²) in [6, 6.07) is 5.31. The number of nitrogens with zero attached hydrogens (tertiary/aromatic N) is 3. The standard InChI is InChI=1S/C19H22N4O4/c1-12-6-8-23(9-7-12)17(24)5-3-14-19(25)20-18(22-21-14)13-2-4-15-16(10-13)27-11-26-15/h2,4,10,12H,3,5-9,11H2,1H3,(H,20,22,25). The predicted octanol–water partition coefficient (Wildman–Crippen LogP) is 1.75. The molecule has 3 heterocycles. The highest BCUT2D eigenvalue weighted by Gasteiger charge is 2.21. The van der Waals surface area contributed by atoms with E-state index >= 15 is 0 Å². The van der Waals surface area contributed by atoms with E-state index in [0.717, 1.165) is 25.9 Å². The molecule has 8 nitrogen and oxygen atoms in total. The molecule has 4 rings (SSSR count). The molecule has 0 radical (unpaired) electrons. The zero-order valence-corrected chi connectivity index (χ0v) is 15.2. The summed E-state index contributed by atoms with van der Waals surface area (Å²) >= 11 is 0. The molecule has 1 N–H and O–H groups in total. The van der Waals surface area contributed by atoms with E-state index in [1.54, 1.807) is 18.2 Å². The normalized spacial score (nSPS) is 16.6. The number of aromatic nitrogens is 3. The number of fused-ring (bicyclic) bond motifs is 1. The Kier molecular flexibility index (Phi) is 4.79. The van der Waals surface area contributed by atoms with Crippen molar-refractivity contribution < 1.29 is 14.3 Å². The van der Waals surface area contributed by atoms with Gasteiger partial charge in [0.05, 0.1) is 0 Å². The molecule has 0 bridgehead atoms. The first-order valence-corrected chi connectivity index (χ1v) is 9.24. The van der Waals surface area contributed by atoms with Crippen molar-refractivity contribution in [1.29, 1.82) is 0 Å². The highest BCUT2D eigenvalue weighted by molar-refractivity contribution is 5.76. The second-order valence-corrected chi connectivity index (χ2v) is 7.08. The number of hydrogen-bond acceptors (Lipinski definition) is 6. The maximum atomic E-state index is 12.3. The molecular formula is C19H22N4O4. The van der Waals surface area contributed by atoms with E-state index in [4.69, 9.17) is 9.47 Å². The van der Waals surface area contributed by atoms with Crippen LogP contribution in [0.1, 0.15) is 31.9 Å². The van der Waals surface area contributed by atoms with Gasteiger partial charge in [0.15, 0.2) is 17.3 Å². The lowest BCUT2D eigenvalue weighted by molar-refractivity contribution is -0.132. The Hall–Kier alpha value is -2.90. The number of likely N-dealkylation sites (tertiary alicyclic amines) is 1. The minimum atomic E-state index is -0.322. The van der Waals surface area contributed by atoms with Crippen LogP contribution >= 0.6 is 0 Å². The number of H-pyrrole nitrogens is 1. The van der Waals surface area contributed by atoms with Crippen LogP contribution in [-0.4, -0.2) is 45.9 Å². The smallest absolute Gasteiger partial charge is 0.273 e. The van der Waals surface area contributed by atoms with Crippen LogP contribution in [0.5, 0.6) is 11.5 Å². The Morgan fingerprint density at radius 2 is 2.00 bits per heavy atom. The number of aromatic amines is 1. The third-order valence-electron chi connectivity index (χ3n) is 5.12. The number of hydrogen-bond donors (Lipinski definition) is 1. The van der Waals surface area contributed by atoms with Crippen molar-refractivity contribution in [2.75, 3.05) is 19.9 Å². The molecule has 2 aromatic rings. The number of nitrogens with one attached hydrogen (secondary N) is 1. The topological polar surface area (TPSA) is 97.4 Å². The Morgan fingerprint density at radius 1 is 1.22 bits per heavy atom. The van der Waals surface area contributed by atoms with E-state index in [1.165, 1.54) is 0 Å². The highest BCUT2D eigenvalue weighted by atomic mass is 16.7. The largest absolute Gasteiger partial charge is 0.454 e. The predicted molar refractivity (Wildman–Crippen MR) is 97.5 cm³/mol. The van der Waals surface area contributed by atoms with Crippen LogP contribution in [0.15, 0.2) is 23.0 Å². The average molecular weight is 370 g/mol. The summed E-state index contributed by atoms with van der Waals surface area (Å²) in [5.41, 5.74) is 0.643. The van der Waals surface area contributed by atoms with Crippen LogP contribution in [0, 0.1) is 5.92 Å². The number of carbonyl (C=O) groups is 1. The van der Waals surface area contributed by atoms with Crippen LogP contribution < -0.4 is 15.0 Å². The lowest BCUT2D eigenvalue weighted by atomic mass is 9.99. The third kappa shape index (κ3) is 3.79. The minimum absolute atomic E-state index is 0.0722. The van der Waals surface area contributed by atoms with Crippen LogP contribution in [0.25, 0.3) is 11.4 Å². The zero-order chi connectivity index (χ0) is 18.8. The first kappa shape index (κ1) is 17.5. The van der Waals surface area contributed by atoms with Gasteiger partial charge in [-0.25, -0.2) is 0 Å². The molecule has 2 aliphatic rings. The van der Waals surface area contributed by atoms with Crippen molar-refractivity contribution in [3.63, 3.8) is 0 Å². The van der Waals surface area contributed by atoms with Crippen LogP contribution in [0.3, 0.4) is 0 Å². The summed E-state index contributed by atoms with van der Waals surface area (Å²) in [6.45, 7) is 3.98. The number of piperidine rings is 1. The summed E-state index contributed by atoms with van der Waals surface area (Å²) in [7, 11) is 0. The molecule has 0 unspecified atom stereocenters. The molecule has 1 amide bonds. The molecule has 0 spiro atoms. The molecule has 2 aliphatic heterocycles. The van der Waals surface area contributed by atoms with Gasteiger partial charge in [-0.3, -0.25) is 9.59 Å². The lowest BCUT2D eigenvalue weighted by Crippen LogP contribution is -2.38. The molecule has 142 valence electrons. The van der Waals surface area contributed by atoms with Crippen LogP contribution in [0.4, 0.5) is 0 Å². The zero-order valence-electron chi connectivity index (χ0n) is 15.2. The molecule has 0 atom stereocenters. The van der Waals surface area contributed by atoms with Gasteiger partial charge in [-0.15, -0.1) is 10.2 Å². The lowest BCUT2D eigenvalue weighted by Gasteiger charge is -2.30.